The molecule has 108 valence electrons. The van der Waals surface area contributed by atoms with Gasteiger partial charge in [-0.1, -0.05) is 36.4 Å². The van der Waals surface area contributed by atoms with Gasteiger partial charge in [-0.3, -0.25) is 14.9 Å². The molecule has 0 aliphatic carbocycles. The van der Waals surface area contributed by atoms with E-state index in [1.54, 1.807) is 18.2 Å². The molecule has 0 aliphatic rings. The average Bonchev–Trinajstić information content (AvgIpc) is 2.45. The molecule has 2 aromatic rings. The van der Waals surface area contributed by atoms with E-state index in [1.807, 2.05) is 0 Å². The molecule has 0 spiro atoms. The van der Waals surface area contributed by atoms with Crippen molar-refractivity contribution < 1.29 is 18.1 Å². The number of nitro groups is 1. The standard InChI is InChI=1S/C13H10N2O5S/c14-21(19,20)11-8-4-7-10(15(17)18)12(11)13(16)9-5-2-1-3-6-9/h1-8H,(H2,14,19,20). The third-order valence-corrected chi connectivity index (χ3v) is 3.72. The topological polar surface area (TPSA) is 120 Å². The Morgan fingerprint density at radius 3 is 2.19 bits per heavy atom. The van der Waals surface area contributed by atoms with Crippen LogP contribution in [0.3, 0.4) is 0 Å². The minimum atomic E-state index is -4.27. The Balaban J connectivity index is 2.77. The number of ketones is 1. The fourth-order valence-electron chi connectivity index (χ4n) is 1.87. The van der Waals surface area contributed by atoms with Gasteiger partial charge in [0.15, 0.2) is 0 Å². The van der Waals surface area contributed by atoms with E-state index in [1.165, 1.54) is 18.2 Å². The van der Waals surface area contributed by atoms with Gasteiger partial charge in [0.25, 0.3) is 5.69 Å². The lowest BCUT2D eigenvalue weighted by atomic mass is 10.0. The van der Waals surface area contributed by atoms with E-state index in [0.29, 0.717) is 0 Å². The highest BCUT2D eigenvalue weighted by Crippen LogP contribution is 2.27. The number of nitrogens with zero attached hydrogens (tertiary/aromatic N) is 1. The van der Waals surface area contributed by atoms with Crippen molar-refractivity contribution in [2.24, 2.45) is 5.14 Å². The largest absolute Gasteiger partial charge is 0.288 e. The number of primary sulfonamides is 1. The summed E-state index contributed by atoms with van der Waals surface area (Å²) in [6.45, 7) is 0. The number of hydrogen-bond donors (Lipinski definition) is 1. The molecule has 0 heterocycles. The summed E-state index contributed by atoms with van der Waals surface area (Å²) in [6.07, 6.45) is 0. The molecule has 0 aromatic heterocycles. The summed E-state index contributed by atoms with van der Waals surface area (Å²) in [5, 5.41) is 16.1. The van der Waals surface area contributed by atoms with Gasteiger partial charge in [0.2, 0.25) is 15.8 Å². The predicted octanol–water partition coefficient (Wildman–Crippen LogP) is 1.47. The Morgan fingerprint density at radius 1 is 1.05 bits per heavy atom. The Kier molecular flexibility index (Phi) is 3.83. The van der Waals surface area contributed by atoms with Gasteiger partial charge in [-0.05, 0) is 6.07 Å². The molecule has 0 atom stereocenters. The molecule has 2 aromatic carbocycles. The van der Waals surface area contributed by atoms with Gasteiger partial charge < -0.3 is 0 Å². The smallest absolute Gasteiger partial charge is 0.281 e. The first-order chi connectivity index (χ1) is 9.82. The number of nitro benzene ring substituents is 1. The lowest BCUT2D eigenvalue weighted by molar-refractivity contribution is -0.385. The van der Waals surface area contributed by atoms with Crippen LogP contribution in [0.2, 0.25) is 0 Å². The molecular formula is C13H10N2O5S. The molecule has 2 N–H and O–H groups in total. The highest BCUT2D eigenvalue weighted by molar-refractivity contribution is 7.89. The van der Waals surface area contributed by atoms with Crippen LogP contribution >= 0.6 is 0 Å². The fourth-order valence-corrected chi connectivity index (χ4v) is 2.62. The van der Waals surface area contributed by atoms with Crippen molar-refractivity contribution in [3.63, 3.8) is 0 Å². The molecule has 0 saturated carbocycles. The molecule has 0 aliphatic heterocycles. The molecule has 8 heteroatoms. The van der Waals surface area contributed by atoms with Crippen LogP contribution in [0.4, 0.5) is 5.69 Å². The summed E-state index contributed by atoms with van der Waals surface area (Å²) in [4.78, 5) is 22.1. The number of nitrogens with two attached hydrogens (primary N) is 1. The zero-order valence-corrected chi connectivity index (χ0v) is 11.4. The Hall–Kier alpha value is -2.58. The van der Waals surface area contributed by atoms with Crippen LogP contribution in [0.5, 0.6) is 0 Å². The molecule has 2 rings (SSSR count). The highest BCUT2D eigenvalue weighted by Gasteiger charge is 2.29. The van der Waals surface area contributed by atoms with Crippen molar-refractivity contribution in [3.8, 4) is 0 Å². The fraction of sp³-hybridized carbons (Fsp3) is 0. The third kappa shape index (κ3) is 2.96. The Bertz CT molecular complexity index is 816. The number of hydrogen-bond acceptors (Lipinski definition) is 5. The van der Waals surface area contributed by atoms with Crippen LogP contribution in [0.1, 0.15) is 15.9 Å². The second-order valence-corrected chi connectivity index (χ2v) is 5.68. The summed E-state index contributed by atoms with van der Waals surface area (Å²) in [5.41, 5.74) is -0.997. The van der Waals surface area contributed by atoms with Gasteiger partial charge in [0.05, 0.1) is 9.82 Å². The molecule has 21 heavy (non-hydrogen) atoms. The number of benzene rings is 2. The molecule has 0 radical (unpaired) electrons. The van der Waals surface area contributed by atoms with E-state index in [0.717, 1.165) is 12.1 Å². The van der Waals surface area contributed by atoms with Crippen molar-refractivity contribution in [2.75, 3.05) is 0 Å². The van der Waals surface area contributed by atoms with Crippen LogP contribution in [0.25, 0.3) is 0 Å². The number of carbonyl (C=O) groups excluding carboxylic acids is 1. The van der Waals surface area contributed by atoms with Crippen molar-refractivity contribution in [3.05, 3.63) is 69.8 Å². The molecule has 0 unspecified atom stereocenters. The third-order valence-electron chi connectivity index (χ3n) is 2.77. The lowest BCUT2D eigenvalue weighted by Crippen LogP contribution is -2.18. The minimum absolute atomic E-state index is 0.136. The van der Waals surface area contributed by atoms with Crippen LogP contribution in [-0.4, -0.2) is 19.1 Å². The Labute approximate surface area is 120 Å². The maximum atomic E-state index is 12.4. The normalized spacial score (nSPS) is 11.1. The summed E-state index contributed by atoms with van der Waals surface area (Å²) >= 11 is 0. The maximum absolute atomic E-state index is 12.4. The van der Waals surface area contributed by atoms with Crippen LogP contribution in [0.15, 0.2) is 53.4 Å². The lowest BCUT2D eigenvalue weighted by Gasteiger charge is -2.07. The Morgan fingerprint density at radius 2 is 1.67 bits per heavy atom. The van der Waals surface area contributed by atoms with E-state index in [4.69, 9.17) is 5.14 Å². The van der Waals surface area contributed by atoms with Crippen LogP contribution < -0.4 is 5.14 Å². The molecule has 0 fully saturated rings. The number of carbonyl (C=O) groups is 1. The summed E-state index contributed by atoms with van der Waals surface area (Å²) < 4.78 is 23.1. The first-order valence-electron chi connectivity index (χ1n) is 5.72. The first kappa shape index (κ1) is 14.8. The number of sulfonamides is 1. The van der Waals surface area contributed by atoms with E-state index in [-0.39, 0.29) is 5.56 Å². The second kappa shape index (κ2) is 5.43. The zero-order valence-electron chi connectivity index (χ0n) is 10.6. The molecular weight excluding hydrogens is 296 g/mol. The van der Waals surface area contributed by atoms with Crippen molar-refractivity contribution in [1.29, 1.82) is 0 Å². The zero-order chi connectivity index (χ0) is 15.6. The summed E-state index contributed by atoms with van der Waals surface area (Å²) in [6, 6.07) is 11.0. The van der Waals surface area contributed by atoms with E-state index >= 15 is 0 Å². The van der Waals surface area contributed by atoms with Gasteiger partial charge >= 0.3 is 0 Å². The monoisotopic (exact) mass is 306 g/mol. The second-order valence-electron chi connectivity index (χ2n) is 4.15. The van der Waals surface area contributed by atoms with Gasteiger partial charge in [-0.15, -0.1) is 0 Å². The van der Waals surface area contributed by atoms with E-state index < -0.39 is 36.9 Å². The van der Waals surface area contributed by atoms with Crippen molar-refractivity contribution in [2.45, 2.75) is 4.90 Å². The molecule has 0 bridgehead atoms. The SMILES string of the molecule is NS(=O)(=O)c1cccc([N+](=O)[O-])c1C(=O)c1ccccc1. The maximum Gasteiger partial charge on any atom is 0.281 e. The molecule has 0 amide bonds. The van der Waals surface area contributed by atoms with Gasteiger partial charge in [-0.2, -0.15) is 0 Å². The van der Waals surface area contributed by atoms with Crippen LogP contribution in [-0.2, 0) is 10.0 Å². The number of rotatable bonds is 4. The van der Waals surface area contributed by atoms with Crippen LogP contribution in [0, 0.1) is 10.1 Å². The predicted molar refractivity (Wildman–Crippen MR) is 74.3 cm³/mol. The molecule has 7 nitrogen and oxygen atoms in total. The highest BCUT2D eigenvalue weighted by atomic mass is 32.2. The van der Waals surface area contributed by atoms with Gasteiger partial charge in [0.1, 0.15) is 5.56 Å². The van der Waals surface area contributed by atoms with Gasteiger partial charge in [0, 0.05) is 11.6 Å². The quantitative estimate of drug-likeness (QED) is 0.521. The molecule has 0 saturated heterocycles. The minimum Gasteiger partial charge on any atom is -0.288 e. The first-order valence-corrected chi connectivity index (χ1v) is 7.27. The van der Waals surface area contributed by atoms with Crippen molar-refractivity contribution >= 4 is 21.5 Å². The van der Waals surface area contributed by atoms with E-state index in [2.05, 4.69) is 0 Å². The summed E-state index contributed by atoms with van der Waals surface area (Å²) in [7, 11) is -4.27. The average molecular weight is 306 g/mol. The van der Waals surface area contributed by atoms with Crippen molar-refractivity contribution in [1.82, 2.24) is 0 Å². The summed E-state index contributed by atoms with van der Waals surface area (Å²) in [5.74, 6) is -0.771. The van der Waals surface area contributed by atoms with Gasteiger partial charge in [-0.25, -0.2) is 13.6 Å². The van der Waals surface area contributed by atoms with E-state index in [9.17, 15) is 23.3 Å².